The largest absolute Gasteiger partial charge is 0.308 e. The number of hydrogen-bond acceptors (Lipinski definition) is 2. The monoisotopic (exact) mass is 315 g/mol. The molecule has 0 aliphatic rings. The van der Waals surface area contributed by atoms with Crippen LogP contribution in [0.2, 0.25) is 0 Å². The van der Waals surface area contributed by atoms with Crippen LogP contribution in [0, 0.1) is 11.6 Å². The Kier molecular flexibility index (Phi) is 3.77. The van der Waals surface area contributed by atoms with E-state index in [0.29, 0.717) is 0 Å². The van der Waals surface area contributed by atoms with Crippen molar-refractivity contribution in [2.75, 3.05) is 7.05 Å². The van der Waals surface area contributed by atoms with E-state index in [1.54, 1.807) is 31.0 Å². The van der Waals surface area contributed by atoms with Crippen molar-refractivity contribution >= 4 is 15.9 Å². The third-order valence-electron chi connectivity index (χ3n) is 2.79. The number of nitrogens with one attached hydrogen (secondary N) is 1. The Bertz CT molecular complexity index is 549. The number of benzene rings is 1. The van der Waals surface area contributed by atoms with Crippen LogP contribution in [0.3, 0.4) is 0 Å². The molecule has 0 aliphatic carbocycles. The van der Waals surface area contributed by atoms with E-state index in [0.717, 1.165) is 16.2 Å². The predicted octanol–water partition coefficient (Wildman–Crippen LogP) is 2.77. The van der Waals surface area contributed by atoms with Gasteiger partial charge in [0.2, 0.25) is 0 Å². The standard InChI is InChI=1S/C12H12BrF2N3/c1-16-11(12-8(13)6-17-18(12)2)7-4-3-5-9(14)10(7)15/h3-6,11,16H,1-2H3. The highest BCUT2D eigenvalue weighted by atomic mass is 79.9. The molecule has 96 valence electrons. The van der Waals surface area contributed by atoms with Gasteiger partial charge in [-0.25, -0.2) is 8.78 Å². The molecule has 18 heavy (non-hydrogen) atoms. The van der Waals surface area contributed by atoms with Gasteiger partial charge in [0.25, 0.3) is 0 Å². The Morgan fingerprint density at radius 2 is 2.11 bits per heavy atom. The summed E-state index contributed by atoms with van der Waals surface area (Å²) in [6.45, 7) is 0. The van der Waals surface area contributed by atoms with Crippen LogP contribution in [0.15, 0.2) is 28.9 Å². The lowest BCUT2D eigenvalue weighted by Crippen LogP contribution is -2.22. The van der Waals surface area contributed by atoms with Gasteiger partial charge in [0.15, 0.2) is 11.6 Å². The Morgan fingerprint density at radius 3 is 2.67 bits per heavy atom. The molecule has 0 bridgehead atoms. The van der Waals surface area contributed by atoms with Crippen molar-refractivity contribution in [3.8, 4) is 0 Å². The summed E-state index contributed by atoms with van der Waals surface area (Å²) in [5, 5.41) is 7.05. The lowest BCUT2D eigenvalue weighted by Gasteiger charge is -2.18. The zero-order chi connectivity index (χ0) is 13.3. The first-order valence-electron chi connectivity index (χ1n) is 5.34. The molecule has 1 heterocycles. The summed E-state index contributed by atoms with van der Waals surface area (Å²) in [7, 11) is 3.44. The number of hydrogen-bond donors (Lipinski definition) is 1. The van der Waals surface area contributed by atoms with Gasteiger partial charge >= 0.3 is 0 Å². The second kappa shape index (κ2) is 5.16. The fourth-order valence-corrected chi connectivity index (χ4v) is 2.50. The summed E-state index contributed by atoms with van der Waals surface area (Å²) < 4.78 is 29.5. The Hall–Kier alpha value is -1.27. The summed E-state index contributed by atoms with van der Waals surface area (Å²) in [5.41, 5.74) is 0.990. The number of aromatic nitrogens is 2. The topological polar surface area (TPSA) is 29.9 Å². The fourth-order valence-electron chi connectivity index (χ4n) is 1.93. The first-order chi connectivity index (χ1) is 8.56. The van der Waals surface area contributed by atoms with E-state index in [1.165, 1.54) is 6.07 Å². The SMILES string of the molecule is CNC(c1cccc(F)c1F)c1c(Br)cnn1C. The van der Waals surface area contributed by atoms with Gasteiger partial charge in [0.1, 0.15) is 0 Å². The van der Waals surface area contributed by atoms with E-state index in [9.17, 15) is 8.78 Å². The highest BCUT2D eigenvalue weighted by Gasteiger charge is 2.23. The number of rotatable bonds is 3. The minimum atomic E-state index is -0.856. The second-order valence-corrected chi connectivity index (χ2v) is 4.72. The molecule has 0 fully saturated rings. The van der Waals surface area contributed by atoms with Gasteiger partial charge in [-0.15, -0.1) is 0 Å². The van der Waals surface area contributed by atoms with Crippen molar-refractivity contribution < 1.29 is 8.78 Å². The molecule has 1 atom stereocenters. The molecule has 1 N–H and O–H groups in total. The van der Waals surface area contributed by atoms with Crippen LogP contribution in [0.25, 0.3) is 0 Å². The fraction of sp³-hybridized carbons (Fsp3) is 0.250. The average Bonchev–Trinajstić information content (AvgIpc) is 2.67. The predicted molar refractivity (Wildman–Crippen MR) is 68.2 cm³/mol. The molecule has 2 aromatic rings. The number of halogens is 3. The number of aryl methyl sites for hydroxylation is 1. The minimum absolute atomic E-state index is 0.252. The van der Waals surface area contributed by atoms with Gasteiger partial charge in [0, 0.05) is 12.6 Å². The van der Waals surface area contributed by atoms with Crippen LogP contribution in [0.1, 0.15) is 17.3 Å². The molecule has 0 saturated carbocycles. The Balaban J connectivity index is 2.56. The second-order valence-electron chi connectivity index (χ2n) is 3.87. The molecule has 6 heteroatoms. The Morgan fingerprint density at radius 1 is 1.39 bits per heavy atom. The smallest absolute Gasteiger partial charge is 0.163 e. The summed E-state index contributed by atoms with van der Waals surface area (Å²) >= 11 is 3.36. The van der Waals surface area contributed by atoms with Crippen LogP contribution in [0.4, 0.5) is 8.78 Å². The van der Waals surface area contributed by atoms with E-state index < -0.39 is 17.7 Å². The van der Waals surface area contributed by atoms with Crippen molar-refractivity contribution in [2.24, 2.45) is 7.05 Å². The molecule has 0 amide bonds. The maximum absolute atomic E-state index is 13.8. The van der Waals surface area contributed by atoms with Gasteiger partial charge in [-0.05, 0) is 29.0 Å². The van der Waals surface area contributed by atoms with Crippen LogP contribution in [-0.4, -0.2) is 16.8 Å². The highest BCUT2D eigenvalue weighted by molar-refractivity contribution is 9.10. The molecule has 1 unspecified atom stereocenters. The van der Waals surface area contributed by atoms with Gasteiger partial charge in [-0.3, -0.25) is 4.68 Å². The normalized spacial score (nSPS) is 12.7. The molecule has 1 aromatic carbocycles. The minimum Gasteiger partial charge on any atom is -0.308 e. The quantitative estimate of drug-likeness (QED) is 0.944. The van der Waals surface area contributed by atoms with Crippen LogP contribution in [-0.2, 0) is 7.05 Å². The zero-order valence-corrected chi connectivity index (χ0v) is 11.5. The third kappa shape index (κ3) is 2.18. The van der Waals surface area contributed by atoms with Gasteiger partial charge in [0.05, 0.1) is 22.4 Å². The van der Waals surface area contributed by atoms with E-state index in [1.807, 2.05) is 0 Å². The molecular formula is C12H12BrF2N3. The van der Waals surface area contributed by atoms with Crippen LogP contribution in [0.5, 0.6) is 0 Å². The summed E-state index contributed by atoms with van der Waals surface area (Å²) in [6.07, 6.45) is 1.62. The lowest BCUT2D eigenvalue weighted by atomic mass is 10.0. The molecular weight excluding hydrogens is 304 g/mol. The summed E-state index contributed by atoms with van der Waals surface area (Å²) in [5.74, 6) is -1.70. The lowest BCUT2D eigenvalue weighted by molar-refractivity contribution is 0.481. The van der Waals surface area contributed by atoms with Crippen LogP contribution >= 0.6 is 15.9 Å². The van der Waals surface area contributed by atoms with E-state index in [4.69, 9.17) is 0 Å². The molecule has 0 radical (unpaired) electrons. The average molecular weight is 316 g/mol. The van der Waals surface area contributed by atoms with E-state index in [-0.39, 0.29) is 5.56 Å². The van der Waals surface area contributed by atoms with Crippen molar-refractivity contribution in [3.05, 3.63) is 51.8 Å². The highest BCUT2D eigenvalue weighted by Crippen LogP contribution is 2.29. The Labute approximate surface area is 112 Å². The molecule has 1 aromatic heterocycles. The first kappa shape index (κ1) is 13.2. The van der Waals surface area contributed by atoms with Gasteiger partial charge in [-0.2, -0.15) is 5.10 Å². The van der Waals surface area contributed by atoms with Crippen molar-refractivity contribution in [1.82, 2.24) is 15.1 Å². The summed E-state index contributed by atoms with van der Waals surface area (Å²) in [4.78, 5) is 0. The van der Waals surface area contributed by atoms with Gasteiger partial charge in [-0.1, -0.05) is 12.1 Å². The molecule has 0 aliphatic heterocycles. The number of nitrogens with zero attached hydrogens (tertiary/aromatic N) is 2. The van der Waals surface area contributed by atoms with E-state index in [2.05, 4.69) is 26.3 Å². The maximum atomic E-state index is 13.8. The maximum Gasteiger partial charge on any atom is 0.163 e. The van der Waals surface area contributed by atoms with Crippen LogP contribution < -0.4 is 5.32 Å². The molecule has 3 nitrogen and oxygen atoms in total. The van der Waals surface area contributed by atoms with Crippen molar-refractivity contribution in [3.63, 3.8) is 0 Å². The van der Waals surface area contributed by atoms with E-state index >= 15 is 0 Å². The third-order valence-corrected chi connectivity index (χ3v) is 3.40. The summed E-state index contributed by atoms with van der Waals surface area (Å²) in [6, 6.07) is 3.67. The van der Waals surface area contributed by atoms with Gasteiger partial charge < -0.3 is 5.32 Å². The molecule has 2 rings (SSSR count). The van der Waals surface area contributed by atoms with Crippen molar-refractivity contribution in [1.29, 1.82) is 0 Å². The zero-order valence-electron chi connectivity index (χ0n) is 9.92. The van der Waals surface area contributed by atoms with Crippen molar-refractivity contribution in [2.45, 2.75) is 6.04 Å². The molecule has 0 saturated heterocycles. The first-order valence-corrected chi connectivity index (χ1v) is 6.14. The molecule has 0 spiro atoms.